The lowest BCUT2D eigenvalue weighted by Crippen LogP contribution is -2.49. The van der Waals surface area contributed by atoms with Crippen LogP contribution in [0.5, 0.6) is 0 Å². The predicted molar refractivity (Wildman–Crippen MR) is 233 cm³/mol. The lowest BCUT2D eigenvalue weighted by Gasteiger charge is -2.40. The molecule has 60 heavy (non-hydrogen) atoms. The van der Waals surface area contributed by atoms with Gasteiger partial charge < -0.3 is 15.1 Å². The molecule has 7 heterocycles. The topological polar surface area (TPSA) is 154 Å². The summed E-state index contributed by atoms with van der Waals surface area (Å²) in [5, 5.41) is 12.2. The lowest BCUT2D eigenvalue weighted by molar-refractivity contribution is -0.120. The first-order valence-electron chi connectivity index (χ1n) is 20.0. The van der Waals surface area contributed by atoms with Gasteiger partial charge in [-0.05, 0) is 73.4 Å². The van der Waals surface area contributed by atoms with Crippen molar-refractivity contribution in [1.29, 1.82) is 0 Å². The molecule has 0 atom stereocenters. The minimum absolute atomic E-state index is 0.256. The summed E-state index contributed by atoms with van der Waals surface area (Å²) in [7, 11) is 1.89. The molecule has 4 aromatic heterocycles. The Morgan fingerprint density at radius 2 is 1.57 bits per heavy atom. The first-order chi connectivity index (χ1) is 29.2. The molecule has 16 nitrogen and oxygen atoms in total. The fourth-order valence-corrected chi connectivity index (χ4v) is 9.28. The van der Waals surface area contributed by atoms with E-state index < -0.39 is 6.03 Å². The minimum Gasteiger partial charge on any atom is -0.371 e. The number of nitrogens with zero attached hydrogens (tertiary/aromatic N) is 11. The van der Waals surface area contributed by atoms with E-state index in [4.69, 9.17) is 28.2 Å². The maximum atomic E-state index is 13.7. The second-order valence-electron chi connectivity index (χ2n) is 15.5. The van der Waals surface area contributed by atoms with Crippen LogP contribution in [0.15, 0.2) is 84.0 Å². The van der Waals surface area contributed by atoms with Gasteiger partial charge in [0, 0.05) is 107 Å². The predicted octanol–water partition coefficient (Wildman–Crippen LogP) is 5.85. The quantitative estimate of drug-likeness (QED) is 0.189. The Bertz CT molecular complexity index is 2840. The molecule has 3 aliphatic heterocycles. The molecule has 0 saturated carbocycles. The Balaban J connectivity index is 0.735. The van der Waals surface area contributed by atoms with Crippen LogP contribution in [0, 0.1) is 5.92 Å². The molecule has 3 aliphatic rings. The first-order valence-corrected chi connectivity index (χ1v) is 20.8. The number of imide groups is 1. The number of urea groups is 1. The fourth-order valence-electron chi connectivity index (χ4n) is 8.71. The zero-order chi connectivity index (χ0) is 41.1. The third-order valence-corrected chi connectivity index (χ3v) is 12.5. The molecule has 0 spiro atoms. The summed E-state index contributed by atoms with van der Waals surface area (Å²) in [6, 6.07) is 19.3. The first kappa shape index (κ1) is 38.0. The van der Waals surface area contributed by atoms with Gasteiger partial charge in [-0.25, -0.2) is 19.3 Å². The van der Waals surface area contributed by atoms with Gasteiger partial charge >= 0.3 is 6.03 Å². The van der Waals surface area contributed by atoms with Gasteiger partial charge in [0.2, 0.25) is 17.6 Å². The smallest absolute Gasteiger partial charge is 0.329 e. The molecule has 3 amide bonds. The number of carbonyl (C=O) groups excluding carboxylic acids is 2. The summed E-state index contributed by atoms with van der Waals surface area (Å²) in [6.45, 7) is 7.36. The molecule has 306 valence electrons. The van der Waals surface area contributed by atoms with Crippen LogP contribution >= 0.6 is 23.2 Å². The van der Waals surface area contributed by atoms with Crippen molar-refractivity contribution in [1.82, 2.24) is 43.9 Å². The molecule has 0 aliphatic carbocycles. The molecule has 3 fully saturated rings. The highest BCUT2D eigenvalue weighted by molar-refractivity contribution is 6.37. The van der Waals surface area contributed by atoms with Gasteiger partial charge in [0.25, 0.3) is 5.56 Å². The number of hydrogen-bond donors (Lipinski definition) is 2. The zero-order valence-corrected chi connectivity index (χ0v) is 34.3. The number of piperidine rings is 1. The van der Waals surface area contributed by atoms with Gasteiger partial charge in [-0.3, -0.25) is 33.8 Å². The number of imidazole rings is 1. The van der Waals surface area contributed by atoms with Gasteiger partial charge in [-0.15, -0.1) is 0 Å². The number of nitrogens with one attached hydrogen (secondary N) is 2. The van der Waals surface area contributed by atoms with Crippen LogP contribution in [0.4, 0.5) is 33.6 Å². The number of hydrogen-bond acceptors (Lipinski definition) is 11. The van der Waals surface area contributed by atoms with E-state index in [9.17, 15) is 14.4 Å². The molecule has 3 aromatic carbocycles. The second-order valence-corrected chi connectivity index (χ2v) is 16.3. The fraction of sp³-hybridized carbons (Fsp3) is 0.310. The van der Waals surface area contributed by atoms with Crippen LogP contribution in [-0.4, -0.2) is 103 Å². The highest BCUT2D eigenvalue weighted by Gasteiger charge is 2.29. The summed E-state index contributed by atoms with van der Waals surface area (Å²) >= 11 is 13.0. The average Bonchev–Trinajstić information content (AvgIpc) is 3.87. The van der Waals surface area contributed by atoms with Crippen molar-refractivity contribution < 1.29 is 9.59 Å². The van der Waals surface area contributed by atoms with E-state index in [0.29, 0.717) is 56.8 Å². The highest BCUT2D eigenvalue weighted by Crippen LogP contribution is 2.33. The average molecular weight is 847 g/mol. The van der Waals surface area contributed by atoms with Crippen molar-refractivity contribution in [3.8, 4) is 5.69 Å². The summed E-state index contributed by atoms with van der Waals surface area (Å²) in [5.74, 6) is 1.66. The molecule has 10 rings (SSSR count). The van der Waals surface area contributed by atoms with Gasteiger partial charge in [0.15, 0.2) is 11.5 Å². The van der Waals surface area contributed by atoms with Gasteiger partial charge in [0.1, 0.15) is 5.39 Å². The Kier molecular flexibility index (Phi) is 9.77. The van der Waals surface area contributed by atoms with Crippen molar-refractivity contribution in [2.75, 3.05) is 72.4 Å². The number of amides is 3. The SMILES string of the molecule is Cn1nc(N2CCC(=O)NC2=O)c2ccc(N3CCC(CN4CCN(c5ccc(Nc6ncc7c(=O)n(-c8c(Cl)cccc8Cl)c8nccn8c7n6)cc5)CC4)CC3)cc21. The van der Waals surface area contributed by atoms with E-state index in [2.05, 4.69) is 64.7 Å². The summed E-state index contributed by atoms with van der Waals surface area (Å²) in [6.07, 6.45) is 7.38. The Morgan fingerprint density at radius 3 is 2.32 bits per heavy atom. The number of fused-ring (bicyclic) bond motifs is 4. The second kappa shape index (κ2) is 15.4. The van der Waals surface area contributed by atoms with Crippen molar-refractivity contribution in [3.63, 3.8) is 0 Å². The molecule has 0 radical (unpaired) electrons. The molecule has 0 unspecified atom stereocenters. The number of halogens is 2. The zero-order valence-electron chi connectivity index (χ0n) is 32.8. The molecule has 3 saturated heterocycles. The number of anilines is 5. The maximum Gasteiger partial charge on any atom is 0.329 e. The van der Waals surface area contributed by atoms with Crippen LogP contribution in [-0.2, 0) is 11.8 Å². The van der Waals surface area contributed by atoms with Crippen molar-refractivity contribution in [2.24, 2.45) is 13.0 Å². The molecule has 7 aromatic rings. The molecular formula is C42H41Cl2N13O3. The van der Waals surface area contributed by atoms with E-state index in [0.717, 1.165) is 80.9 Å². The number of para-hydroxylation sites is 1. The lowest BCUT2D eigenvalue weighted by atomic mass is 9.95. The normalized spacial score (nSPS) is 17.0. The minimum atomic E-state index is -0.423. The van der Waals surface area contributed by atoms with Crippen molar-refractivity contribution in [3.05, 3.63) is 99.7 Å². The van der Waals surface area contributed by atoms with Gasteiger partial charge in [-0.1, -0.05) is 29.3 Å². The van der Waals surface area contributed by atoms with Crippen LogP contribution < -0.4 is 30.9 Å². The van der Waals surface area contributed by atoms with Crippen LogP contribution in [0.2, 0.25) is 10.0 Å². The van der Waals surface area contributed by atoms with E-state index in [-0.39, 0.29) is 17.9 Å². The Morgan fingerprint density at radius 1 is 0.833 bits per heavy atom. The summed E-state index contributed by atoms with van der Waals surface area (Å²) in [4.78, 5) is 60.6. The number of aromatic nitrogens is 7. The molecule has 0 bridgehead atoms. The highest BCUT2D eigenvalue weighted by atomic mass is 35.5. The Labute approximate surface area is 353 Å². The van der Waals surface area contributed by atoms with E-state index >= 15 is 0 Å². The van der Waals surface area contributed by atoms with Crippen molar-refractivity contribution >= 4 is 91.7 Å². The largest absolute Gasteiger partial charge is 0.371 e. The molecular weight excluding hydrogens is 805 g/mol. The summed E-state index contributed by atoms with van der Waals surface area (Å²) in [5.41, 5.74) is 4.51. The number of piperazine rings is 1. The number of carbonyl (C=O) groups is 2. The molecule has 18 heteroatoms. The van der Waals surface area contributed by atoms with Crippen molar-refractivity contribution in [2.45, 2.75) is 19.3 Å². The van der Waals surface area contributed by atoms with Crippen LogP contribution in [0.1, 0.15) is 19.3 Å². The Hall–Kier alpha value is -6.23. The van der Waals surface area contributed by atoms with E-state index in [1.807, 2.05) is 29.9 Å². The standard InChI is InChI=1S/C42H41Cl2N13O3/c1-51-34-23-29(9-10-30(34)38(50-51)56-17-13-35(58)48-42(56)60)53-15-11-26(12-16-53)25-52-19-21-54(22-20-52)28-7-5-27(6-8-28)47-40-46-24-31-37(49-40)55-18-14-45-41(55)57(39(31)59)36-32(43)3-2-4-33(36)44/h2-10,14,18,23-24,26H,11-13,15-17,19-22,25H2,1H3,(H,46,47,49)(H,48,58,60). The third kappa shape index (κ3) is 6.93. The van der Waals surface area contributed by atoms with E-state index in [1.165, 1.54) is 16.5 Å². The van der Waals surface area contributed by atoms with Gasteiger partial charge in [-0.2, -0.15) is 10.1 Å². The number of aryl methyl sites for hydroxylation is 1. The van der Waals surface area contributed by atoms with Crippen LogP contribution in [0.25, 0.3) is 33.4 Å². The number of rotatable bonds is 8. The summed E-state index contributed by atoms with van der Waals surface area (Å²) < 4.78 is 4.93. The van der Waals surface area contributed by atoms with Crippen LogP contribution in [0.3, 0.4) is 0 Å². The maximum absolute atomic E-state index is 13.7. The number of benzene rings is 3. The van der Waals surface area contributed by atoms with Gasteiger partial charge in [0.05, 0.1) is 21.2 Å². The van der Waals surface area contributed by atoms with E-state index in [1.54, 1.807) is 39.9 Å². The monoisotopic (exact) mass is 845 g/mol. The molecule has 2 N–H and O–H groups in total. The third-order valence-electron chi connectivity index (χ3n) is 11.9.